The Morgan fingerprint density at radius 2 is 1.97 bits per heavy atom. The lowest BCUT2D eigenvalue weighted by Crippen LogP contribution is -2.53. The zero-order valence-electron chi connectivity index (χ0n) is 23.4. The van der Waals surface area contributed by atoms with E-state index in [0.717, 1.165) is 60.5 Å². The standard InChI is InChI=1S/C25H27F4N7O2/c1-13-30-22-17(26)7-14(8-19(22)35(13)10-20(28)29)21-18(27)9-36-23(21)24(37-2)32-25(33-36)31-15-3-5-34(6-4-15)16-11-38-12-16/h7-9,15-16,20H,3-6,10-12H2,1-2H3,(H,31,33)/i2D3. The van der Waals surface area contributed by atoms with Crippen LogP contribution in [0.15, 0.2) is 18.3 Å². The van der Waals surface area contributed by atoms with Crippen LogP contribution in [0.5, 0.6) is 5.88 Å². The molecule has 9 nitrogen and oxygen atoms in total. The lowest BCUT2D eigenvalue weighted by molar-refractivity contribution is -0.0705. The van der Waals surface area contributed by atoms with Gasteiger partial charge in [-0.25, -0.2) is 27.1 Å². The van der Waals surface area contributed by atoms with E-state index >= 15 is 8.78 Å². The lowest BCUT2D eigenvalue weighted by Gasteiger charge is -2.41. The number of rotatable bonds is 7. The minimum atomic E-state index is -2.94. The van der Waals surface area contributed by atoms with Crippen molar-refractivity contribution in [1.29, 1.82) is 0 Å². The number of nitrogens with one attached hydrogen (secondary N) is 1. The Morgan fingerprint density at radius 3 is 2.66 bits per heavy atom. The number of alkyl halides is 2. The zero-order valence-corrected chi connectivity index (χ0v) is 20.4. The number of ether oxygens (including phenoxy) is 2. The van der Waals surface area contributed by atoms with Gasteiger partial charge in [-0.3, -0.25) is 4.90 Å². The maximum atomic E-state index is 15.5. The summed E-state index contributed by atoms with van der Waals surface area (Å²) in [6, 6.07) is 2.74. The van der Waals surface area contributed by atoms with E-state index in [0.29, 0.717) is 6.04 Å². The van der Waals surface area contributed by atoms with E-state index in [1.54, 1.807) is 0 Å². The molecule has 6 rings (SSSR count). The minimum Gasteiger partial charge on any atom is -0.479 e. The van der Waals surface area contributed by atoms with Crippen LogP contribution >= 0.6 is 0 Å². The summed E-state index contributed by atoms with van der Waals surface area (Å²) in [5.74, 6) is -1.96. The normalized spacial score (nSPS) is 19.1. The molecule has 1 N–H and O–H groups in total. The average molecular weight is 537 g/mol. The Kier molecular flexibility index (Phi) is 5.48. The highest BCUT2D eigenvalue weighted by atomic mass is 19.3. The van der Waals surface area contributed by atoms with Gasteiger partial charge in [0.1, 0.15) is 16.9 Å². The third kappa shape index (κ3) is 4.33. The molecule has 2 aliphatic rings. The van der Waals surface area contributed by atoms with Gasteiger partial charge in [-0.1, -0.05) is 0 Å². The molecule has 0 amide bonds. The predicted molar refractivity (Wildman–Crippen MR) is 132 cm³/mol. The van der Waals surface area contributed by atoms with Gasteiger partial charge in [0, 0.05) is 19.1 Å². The quantitative estimate of drug-likeness (QED) is 0.359. The van der Waals surface area contributed by atoms with Crippen LogP contribution in [0.1, 0.15) is 22.8 Å². The minimum absolute atomic E-state index is 0.0138. The van der Waals surface area contributed by atoms with Crippen molar-refractivity contribution in [3.63, 3.8) is 0 Å². The molecular formula is C25H27F4N7O2. The Balaban J connectivity index is 1.40. The first kappa shape index (κ1) is 21.5. The molecule has 38 heavy (non-hydrogen) atoms. The second-order valence-electron chi connectivity index (χ2n) is 9.62. The number of benzene rings is 1. The Hall–Kier alpha value is -3.45. The molecule has 0 saturated carbocycles. The van der Waals surface area contributed by atoms with Crippen LogP contribution in [-0.4, -0.2) is 80.9 Å². The van der Waals surface area contributed by atoms with Gasteiger partial charge in [0.25, 0.3) is 6.43 Å². The highest BCUT2D eigenvalue weighted by molar-refractivity contribution is 5.90. The van der Waals surface area contributed by atoms with Crippen LogP contribution < -0.4 is 10.1 Å². The summed E-state index contributed by atoms with van der Waals surface area (Å²) < 4.78 is 92.7. The van der Waals surface area contributed by atoms with E-state index in [1.165, 1.54) is 13.0 Å². The van der Waals surface area contributed by atoms with Crippen molar-refractivity contribution in [1.82, 2.24) is 29.0 Å². The summed E-state index contributed by atoms with van der Waals surface area (Å²) in [6.45, 7) is 3.85. The number of methoxy groups -OCH3 is 1. The van der Waals surface area contributed by atoms with Crippen molar-refractivity contribution in [2.45, 2.75) is 44.8 Å². The largest absolute Gasteiger partial charge is 0.479 e. The van der Waals surface area contributed by atoms with Crippen molar-refractivity contribution in [3.8, 4) is 17.0 Å². The van der Waals surface area contributed by atoms with Gasteiger partial charge in [-0.2, -0.15) is 4.98 Å². The van der Waals surface area contributed by atoms with E-state index in [4.69, 9.17) is 13.6 Å². The molecule has 1 aromatic carbocycles. The highest BCUT2D eigenvalue weighted by Gasteiger charge is 2.30. The first-order chi connectivity index (χ1) is 19.5. The molecule has 3 aromatic heterocycles. The molecule has 0 bridgehead atoms. The first-order valence-corrected chi connectivity index (χ1v) is 12.3. The van der Waals surface area contributed by atoms with Crippen LogP contribution in [0.2, 0.25) is 0 Å². The van der Waals surface area contributed by atoms with E-state index in [9.17, 15) is 8.78 Å². The molecule has 13 heteroatoms. The summed E-state index contributed by atoms with van der Waals surface area (Å²) in [4.78, 5) is 10.7. The summed E-state index contributed by atoms with van der Waals surface area (Å²) in [5.41, 5.74) is -0.547. The number of piperidine rings is 1. The molecule has 202 valence electrons. The van der Waals surface area contributed by atoms with Crippen LogP contribution in [-0.2, 0) is 11.3 Å². The summed E-state index contributed by atoms with van der Waals surface area (Å²) in [6.07, 6.45) is -0.164. The number of fused-ring (bicyclic) bond motifs is 2. The van der Waals surface area contributed by atoms with Gasteiger partial charge in [-0.05, 0) is 37.5 Å². The van der Waals surface area contributed by atoms with E-state index in [2.05, 4.69) is 25.3 Å². The van der Waals surface area contributed by atoms with Gasteiger partial charge in [-0.15, -0.1) is 5.10 Å². The molecule has 0 unspecified atom stereocenters. The van der Waals surface area contributed by atoms with Crippen LogP contribution in [0, 0.1) is 18.6 Å². The smallest absolute Gasteiger partial charge is 0.256 e. The monoisotopic (exact) mass is 536 g/mol. The fraction of sp³-hybridized carbons (Fsp3) is 0.480. The van der Waals surface area contributed by atoms with E-state index in [-0.39, 0.29) is 45.5 Å². The maximum absolute atomic E-state index is 15.5. The van der Waals surface area contributed by atoms with Crippen molar-refractivity contribution in [2.75, 3.05) is 38.7 Å². The Morgan fingerprint density at radius 1 is 1.18 bits per heavy atom. The van der Waals surface area contributed by atoms with Crippen LogP contribution in [0.4, 0.5) is 23.5 Å². The molecule has 2 saturated heterocycles. The molecule has 0 atom stereocenters. The average Bonchev–Trinajstić information content (AvgIpc) is 3.34. The lowest BCUT2D eigenvalue weighted by atomic mass is 10.0. The maximum Gasteiger partial charge on any atom is 0.256 e. The topological polar surface area (TPSA) is 81.7 Å². The SMILES string of the molecule is [2H]C([2H])([2H])Oc1nc(NC2CCN(C3COC3)CC2)nn2cc(F)c(-c3cc(F)c4nc(C)n(CC(F)F)c4c3)c12. The first-order valence-electron chi connectivity index (χ1n) is 13.8. The molecule has 0 aliphatic carbocycles. The van der Waals surface area contributed by atoms with Crippen molar-refractivity contribution >= 4 is 22.5 Å². The number of hydrogen-bond acceptors (Lipinski definition) is 7. The van der Waals surface area contributed by atoms with Gasteiger partial charge < -0.3 is 19.4 Å². The molecule has 0 radical (unpaired) electrons. The number of hydrogen-bond donors (Lipinski definition) is 1. The fourth-order valence-electron chi connectivity index (χ4n) is 5.26. The Labute approximate surface area is 219 Å². The number of halogens is 4. The van der Waals surface area contributed by atoms with Crippen LogP contribution in [0.3, 0.4) is 0 Å². The third-order valence-corrected chi connectivity index (χ3v) is 7.26. The molecule has 5 heterocycles. The summed E-state index contributed by atoms with van der Waals surface area (Å²) in [5, 5.41) is 7.54. The number of aryl methyl sites for hydroxylation is 1. The second kappa shape index (κ2) is 9.70. The summed E-state index contributed by atoms with van der Waals surface area (Å²) in [7, 11) is -2.94. The van der Waals surface area contributed by atoms with Gasteiger partial charge in [0.15, 0.2) is 11.6 Å². The molecule has 0 spiro atoms. The number of imidazole rings is 1. The van der Waals surface area contributed by atoms with E-state index < -0.39 is 37.5 Å². The summed E-state index contributed by atoms with van der Waals surface area (Å²) >= 11 is 0. The van der Waals surface area contributed by atoms with Gasteiger partial charge in [0.2, 0.25) is 11.8 Å². The predicted octanol–water partition coefficient (Wildman–Crippen LogP) is 3.88. The van der Waals surface area contributed by atoms with Crippen LogP contribution in [0.25, 0.3) is 27.7 Å². The van der Waals surface area contributed by atoms with Gasteiger partial charge in [0.05, 0.1) is 54.2 Å². The van der Waals surface area contributed by atoms with Crippen molar-refractivity contribution < 1.29 is 31.1 Å². The highest BCUT2D eigenvalue weighted by Crippen LogP contribution is 2.37. The molecule has 2 aliphatic heterocycles. The number of likely N-dealkylation sites (tertiary alicyclic amines) is 1. The number of anilines is 1. The molecule has 2 fully saturated rings. The van der Waals surface area contributed by atoms with Crippen molar-refractivity contribution in [2.24, 2.45) is 0 Å². The third-order valence-electron chi connectivity index (χ3n) is 7.26. The molecule has 4 aromatic rings. The number of aromatic nitrogens is 5. The number of nitrogens with zero attached hydrogens (tertiary/aromatic N) is 6. The Bertz CT molecular complexity index is 1600. The fourth-order valence-corrected chi connectivity index (χ4v) is 5.26. The van der Waals surface area contributed by atoms with E-state index in [1.807, 2.05) is 0 Å². The second-order valence-corrected chi connectivity index (χ2v) is 9.62. The molecular weight excluding hydrogens is 506 g/mol. The van der Waals surface area contributed by atoms with Crippen molar-refractivity contribution in [3.05, 3.63) is 35.8 Å². The van der Waals surface area contributed by atoms with Gasteiger partial charge >= 0.3 is 0 Å². The zero-order chi connectivity index (χ0) is 29.1.